The lowest BCUT2D eigenvalue weighted by Crippen LogP contribution is -2.55. The largest absolute Gasteiger partial charge is 0.360 e. The summed E-state index contributed by atoms with van der Waals surface area (Å²) >= 11 is 1.83. The minimum Gasteiger partial charge on any atom is -0.360 e. The molecule has 2 saturated heterocycles. The first-order valence-corrected chi connectivity index (χ1v) is 10.2. The van der Waals surface area contributed by atoms with Crippen LogP contribution in [-0.4, -0.2) is 74.7 Å². The Hall–Kier alpha value is -0.540. The second kappa shape index (κ2) is 10.6. The molecule has 1 unspecified atom stereocenters. The predicted octanol–water partition coefficient (Wildman–Crippen LogP) is 2.94. The Kier molecular flexibility index (Phi) is 8.78. The Morgan fingerprint density at radius 3 is 2.68 bits per heavy atom. The van der Waals surface area contributed by atoms with Gasteiger partial charge in [-0.2, -0.15) is 0 Å². The van der Waals surface area contributed by atoms with Crippen molar-refractivity contribution in [3.63, 3.8) is 0 Å². The molecule has 2 fully saturated rings. The molecule has 142 valence electrons. The van der Waals surface area contributed by atoms with Gasteiger partial charge in [-0.1, -0.05) is 13.3 Å². The second-order valence-corrected chi connectivity index (χ2v) is 7.56. The minimum absolute atomic E-state index is 0. The molecule has 0 spiro atoms. The number of halogens is 1. The molecular formula is C18H32IN5S. The third kappa shape index (κ3) is 5.47. The first kappa shape index (κ1) is 20.8. The summed E-state index contributed by atoms with van der Waals surface area (Å²) in [6.45, 7) is 9.94. The van der Waals surface area contributed by atoms with E-state index in [1.807, 2.05) is 18.4 Å². The fourth-order valence-electron chi connectivity index (χ4n) is 3.84. The van der Waals surface area contributed by atoms with Crippen LogP contribution in [0.3, 0.4) is 0 Å². The number of anilines is 1. The van der Waals surface area contributed by atoms with E-state index in [0.29, 0.717) is 6.04 Å². The van der Waals surface area contributed by atoms with Crippen molar-refractivity contribution >= 4 is 46.3 Å². The summed E-state index contributed by atoms with van der Waals surface area (Å²) in [5.74, 6) is 1.07. The second-order valence-electron chi connectivity index (χ2n) is 6.63. The zero-order valence-electron chi connectivity index (χ0n) is 15.5. The van der Waals surface area contributed by atoms with Crippen molar-refractivity contribution in [1.82, 2.24) is 15.1 Å². The van der Waals surface area contributed by atoms with Crippen molar-refractivity contribution in [2.75, 3.05) is 57.8 Å². The van der Waals surface area contributed by atoms with Crippen molar-refractivity contribution in [1.29, 1.82) is 0 Å². The Morgan fingerprint density at radius 2 is 2.04 bits per heavy atom. The van der Waals surface area contributed by atoms with Crippen LogP contribution >= 0.6 is 35.3 Å². The highest BCUT2D eigenvalue weighted by Crippen LogP contribution is 2.22. The molecule has 0 radical (unpaired) electrons. The number of hydrogen-bond donors (Lipinski definition) is 1. The van der Waals surface area contributed by atoms with Crippen LogP contribution in [0.15, 0.2) is 22.5 Å². The van der Waals surface area contributed by atoms with Crippen molar-refractivity contribution in [2.45, 2.75) is 32.2 Å². The van der Waals surface area contributed by atoms with Gasteiger partial charge in [0.1, 0.15) is 0 Å². The van der Waals surface area contributed by atoms with Gasteiger partial charge in [0.05, 0.1) is 5.00 Å². The minimum atomic E-state index is 0. The average molecular weight is 477 g/mol. The molecule has 1 aromatic heterocycles. The van der Waals surface area contributed by atoms with Gasteiger partial charge in [0.2, 0.25) is 0 Å². The number of aliphatic imine (C=N–C) groups is 1. The SMILES string of the molecule is CCN1CCCCC1CNC(=NC)N1CCN(c2cccs2)CC1.I. The maximum Gasteiger partial charge on any atom is 0.193 e. The van der Waals surface area contributed by atoms with Gasteiger partial charge in [-0.25, -0.2) is 0 Å². The third-order valence-corrected chi connectivity index (χ3v) is 6.19. The monoisotopic (exact) mass is 477 g/mol. The summed E-state index contributed by atoms with van der Waals surface area (Å²) in [6, 6.07) is 5.01. The molecule has 3 heterocycles. The summed E-state index contributed by atoms with van der Waals surface area (Å²) in [5, 5.41) is 7.19. The Balaban J connectivity index is 0.00000225. The topological polar surface area (TPSA) is 34.1 Å². The number of thiophene rings is 1. The van der Waals surface area contributed by atoms with Gasteiger partial charge in [0.15, 0.2) is 5.96 Å². The quantitative estimate of drug-likeness (QED) is 0.411. The lowest BCUT2D eigenvalue weighted by Gasteiger charge is -2.39. The number of piperidine rings is 1. The highest BCUT2D eigenvalue weighted by atomic mass is 127. The van der Waals surface area contributed by atoms with Crippen LogP contribution < -0.4 is 10.2 Å². The van der Waals surface area contributed by atoms with Crippen LogP contribution in [0.2, 0.25) is 0 Å². The molecule has 5 nitrogen and oxygen atoms in total. The van der Waals surface area contributed by atoms with Gasteiger partial charge < -0.3 is 15.1 Å². The lowest BCUT2D eigenvalue weighted by molar-refractivity contribution is 0.156. The van der Waals surface area contributed by atoms with Crippen LogP contribution in [0, 0.1) is 0 Å². The van der Waals surface area contributed by atoms with Crippen molar-refractivity contribution in [2.24, 2.45) is 4.99 Å². The first-order chi connectivity index (χ1) is 11.8. The summed E-state index contributed by atoms with van der Waals surface area (Å²) < 4.78 is 0. The van der Waals surface area contributed by atoms with E-state index in [2.05, 4.69) is 49.4 Å². The molecule has 0 aliphatic carbocycles. The van der Waals surface area contributed by atoms with E-state index in [1.54, 1.807) is 0 Å². The molecule has 0 aromatic carbocycles. The van der Waals surface area contributed by atoms with Gasteiger partial charge >= 0.3 is 0 Å². The van der Waals surface area contributed by atoms with E-state index in [0.717, 1.165) is 45.2 Å². The number of guanidine groups is 1. The number of hydrogen-bond acceptors (Lipinski definition) is 4. The van der Waals surface area contributed by atoms with E-state index in [-0.39, 0.29) is 24.0 Å². The predicted molar refractivity (Wildman–Crippen MR) is 120 cm³/mol. The molecule has 1 aromatic rings. The Morgan fingerprint density at radius 1 is 1.24 bits per heavy atom. The maximum atomic E-state index is 4.53. The van der Waals surface area contributed by atoms with E-state index < -0.39 is 0 Å². The molecule has 7 heteroatoms. The van der Waals surface area contributed by atoms with Gasteiger partial charge in [-0.3, -0.25) is 9.89 Å². The van der Waals surface area contributed by atoms with Gasteiger partial charge in [0, 0.05) is 45.8 Å². The van der Waals surface area contributed by atoms with Crippen LogP contribution in [0.5, 0.6) is 0 Å². The molecule has 0 amide bonds. The number of likely N-dealkylation sites (N-methyl/N-ethyl adjacent to an activating group) is 1. The summed E-state index contributed by atoms with van der Waals surface area (Å²) in [5.41, 5.74) is 0. The number of piperazine rings is 1. The molecular weight excluding hydrogens is 445 g/mol. The van der Waals surface area contributed by atoms with E-state index in [4.69, 9.17) is 0 Å². The molecule has 2 aliphatic heterocycles. The molecule has 2 aliphatic rings. The lowest BCUT2D eigenvalue weighted by atomic mass is 10.0. The van der Waals surface area contributed by atoms with E-state index in [9.17, 15) is 0 Å². The van der Waals surface area contributed by atoms with Crippen molar-refractivity contribution in [3.05, 3.63) is 17.5 Å². The number of rotatable bonds is 4. The zero-order valence-corrected chi connectivity index (χ0v) is 18.6. The fraction of sp³-hybridized carbons (Fsp3) is 0.722. The van der Waals surface area contributed by atoms with Crippen LogP contribution in [0.4, 0.5) is 5.00 Å². The molecule has 1 N–H and O–H groups in total. The smallest absolute Gasteiger partial charge is 0.193 e. The summed E-state index contributed by atoms with van der Waals surface area (Å²) in [4.78, 5) is 12.0. The van der Waals surface area contributed by atoms with Gasteiger partial charge in [-0.05, 0) is 43.4 Å². The molecule has 3 rings (SSSR count). The van der Waals surface area contributed by atoms with E-state index >= 15 is 0 Å². The number of nitrogens with zero attached hydrogens (tertiary/aromatic N) is 4. The standard InChI is InChI=1S/C18H31N5S.HI/c1-3-21-9-5-4-7-16(21)15-20-18(19-2)23-12-10-22(11-13-23)17-8-6-14-24-17;/h6,8,14,16H,3-5,7,9-13,15H2,1-2H3,(H,19,20);1H. The van der Waals surface area contributed by atoms with Crippen molar-refractivity contribution in [3.8, 4) is 0 Å². The Bertz CT molecular complexity index is 514. The van der Waals surface area contributed by atoms with Crippen LogP contribution in [-0.2, 0) is 0 Å². The Labute approximate surface area is 173 Å². The number of likely N-dealkylation sites (tertiary alicyclic amines) is 1. The summed E-state index contributed by atoms with van der Waals surface area (Å²) in [7, 11) is 1.91. The molecule has 0 saturated carbocycles. The van der Waals surface area contributed by atoms with Gasteiger partial charge in [-0.15, -0.1) is 35.3 Å². The molecule has 1 atom stereocenters. The third-order valence-electron chi connectivity index (χ3n) is 5.26. The normalized spacial score (nSPS) is 22.6. The summed E-state index contributed by atoms with van der Waals surface area (Å²) in [6.07, 6.45) is 4.02. The molecule has 25 heavy (non-hydrogen) atoms. The van der Waals surface area contributed by atoms with Gasteiger partial charge in [0.25, 0.3) is 0 Å². The maximum absolute atomic E-state index is 4.53. The molecule has 0 bridgehead atoms. The number of nitrogens with one attached hydrogen (secondary N) is 1. The average Bonchev–Trinajstić information content (AvgIpc) is 3.18. The van der Waals surface area contributed by atoms with Crippen molar-refractivity contribution < 1.29 is 0 Å². The zero-order chi connectivity index (χ0) is 16.8. The fourth-order valence-corrected chi connectivity index (χ4v) is 4.62. The van der Waals surface area contributed by atoms with Crippen LogP contribution in [0.25, 0.3) is 0 Å². The van der Waals surface area contributed by atoms with E-state index in [1.165, 1.54) is 30.8 Å². The first-order valence-electron chi connectivity index (χ1n) is 9.30. The highest BCUT2D eigenvalue weighted by Gasteiger charge is 2.23. The van der Waals surface area contributed by atoms with Crippen LogP contribution in [0.1, 0.15) is 26.2 Å². The highest BCUT2D eigenvalue weighted by molar-refractivity contribution is 14.0.